The van der Waals surface area contributed by atoms with Gasteiger partial charge in [0.15, 0.2) is 12.0 Å². The molecule has 2 saturated heterocycles. The highest BCUT2D eigenvalue weighted by Crippen LogP contribution is 2.46. The van der Waals surface area contributed by atoms with E-state index in [1.807, 2.05) is 32.0 Å². The molecule has 0 saturated carbocycles. The molecule has 136 valence electrons. The van der Waals surface area contributed by atoms with Gasteiger partial charge in [-0.25, -0.2) is 9.36 Å². The van der Waals surface area contributed by atoms with Gasteiger partial charge in [-0.15, -0.1) is 0 Å². The van der Waals surface area contributed by atoms with Gasteiger partial charge in [0.05, 0.1) is 0 Å². The predicted molar refractivity (Wildman–Crippen MR) is 90.0 cm³/mol. The number of H-pyrrole nitrogens is 1. The van der Waals surface area contributed by atoms with Crippen molar-refractivity contribution in [3.05, 3.63) is 51.2 Å². The first-order valence-corrected chi connectivity index (χ1v) is 8.53. The number of hydrogen-bond acceptors (Lipinski definition) is 6. The van der Waals surface area contributed by atoms with Crippen LogP contribution in [0.2, 0.25) is 0 Å². The monoisotopic (exact) mass is 358 g/mol. The molecule has 0 aliphatic carbocycles. The number of ether oxygens (including phenoxy) is 4. The average Bonchev–Trinajstić information content (AvgIpc) is 2.97. The van der Waals surface area contributed by atoms with E-state index in [9.17, 15) is 9.59 Å². The van der Waals surface area contributed by atoms with Crippen molar-refractivity contribution in [3.63, 3.8) is 0 Å². The highest BCUT2D eigenvalue weighted by atomic mass is 16.8. The standard InChI is InChI=1S/C18H18N2O6/c1-18(2)25-12-10-8-23-15-11(9-6-4-3-5-7-9)14(21)19-17(22)20(15)16(24-10)13(12)26-18/h3-7,10,12-13,16H,8H2,1-2H3,(H,19,21,22)/t10-,12-,13-,16?/m1/s1. The van der Waals surface area contributed by atoms with Crippen LogP contribution in [0.3, 0.4) is 0 Å². The largest absolute Gasteiger partial charge is 0.475 e. The van der Waals surface area contributed by atoms with E-state index < -0.39 is 29.4 Å². The van der Waals surface area contributed by atoms with Gasteiger partial charge >= 0.3 is 5.69 Å². The van der Waals surface area contributed by atoms with Crippen molar-refractivity contribution in [2.75, 3.05) is 6.61 Å². The quantitative estimate of drug-likeness (QED) is 0.818. The second-order valence-corrected chi connectivity index (χ2v) is 7.12. The van der Waals surface area contributed by atoms with Crippen LogP contribution in [0.5, 0.6) is 5.88 Å². The molecule has 8 nitrogen and oxygen atoms in total. The Kier molecular flexibility index (Phi) is 3.22. The Balaban J connectivity index is 1.71. The predicted octanol–water partition coefficient (Wildman–Crippen LogP) is 1.01. The van der Waals surface area contributed by atoms with Gasteiger partial charge in [-0.3, -0.25) is 9.78 Å². The second kappa shape index (κ2) is 5.29. The Bertz CT molecular complexity index is 979. The summed E-state index contributed by atoms with van der Waals surface area (Å²) in [7, 11) is 0. The van der Waals surface area contributed by atoms with Crippen LogP contribution in [0.4, 0.5) is 0 Å². The normalized spacial score (nSPS) is 31.0. The van der Waals surface area contributed by atoms with Gasteiger partial charge in [0, 0.05) is 0 Å². The molecular weight excluding hydrogens is 340 g/mol. The highest BCUT2D eigenvalue weighted by molar-refractivity contribution is 5.67. The number of hydrogen-bond donors (Lipinski definition) is 1. The lowest BCUT2D eigenvalue weighted by atomic mass is 10.1. The molecule has 4 heterocycles. The Morgan fingerprint density at radius 3 is 2.62 bits per heavy atom. The molecular formula is C18H18N2O6. The third kappa shape index (κ3) is 2.19. The molecule has 1 unspecified atom stereocenters. The van der Waals surface area contributed by atoms with Crippen LogP contribution in [0, 0.1) is 0 Å². The van der Waals surface area contributed by atoms with Crippen LogP contribution >= 0.6 is 0 Å². The first-order valence-electron chi connectivity index (χ1n) is 8.53. The van der Waals surface area contributed by atoms with E-state index in [0.29, 0.717) is 11.1 Å². The van der Waals surface area contributed by atoms with Crippen molar-refractivity contribution in [3.8, 4) is 17.0 Å². The van der Waals surface area contributed by atoms with E-state index in [0.717, 1.165) is 0 Å². The smallest absolute Gasteiger partial charge is 0.333 e. The van der Waals surface area contributed by atoms with Crippen LogP contribution in [0.25, 0.3) is 11.1 Å². The lowest BCUT2D eigenvalue weighted by Gasteiger charge is -2.23. The number of benzene rings is 1. The lowest BCUT2D eigenvalue weighted by molar-refractivity contribution is -0.195. The summed E-state index contributed by atoms with van der Waals surface area (Å²) in [5, 5.41) is 0. The first-order chi connectivity index (χ1) is 12.4. The lowest BCUT2D eigenvalue weighted by Crippen LogP contribution is -2.40. The molecule has 5 rings (SSSR count). The van der Waals surface area contributed by atoms with Gasteiger partial charge in [0.2, 0.25) is 5.88 Å². The molecule has 26 heavy (non-hydrogen) atoms. The van der Waals surface area contributed by atoms with Crippen molar-refractivity contribution < 1.29 is 18.9 Å². The number of aromatic amines is 1. The zero-order valence-corrected chi connectivity index (χ0v) is 14.3. The zero-order chi connectivity index (χ0) is 18.1. The second-order valence-electron chi connectivity index (χ2n) is 7.12. The van der Waals surface area contributed by atoms with Gasteiger partial charge in [-0.2, -0.15) is 0 Å². The minimum absolute atomic E-state index is 0.167. The van der Waals surface area contributed by atoms with Gasteiger partial charge in [0.1, 0.15) is 30.5 Å². The summed E-state index contributed by atoms with van der Waals surface area (Å²) < 4.78 is 25.1. The maximum Gasteiger partial charge on any atom is 0.333 e. The summed E-state index contributed by atoms with van der Waals surface area (Å²) in [5.74, 6) is -0.571. The fraction of sp³-hybridized carbons (Fsp3) is 0.444. The van der Waals surface area contributed by atoms with Crippen molar-refractivity contribution in [2.24, 2.45) is 0 Å². The van der Waals surface area contributed by atoms with Crippen molar-refractivity contribution in [2.45, 2.75) is 44.2 Å². The molecule has 1 aromatic heterocycles. The SMILES string of the molecule is CC1(C)O[C@@H]2[C@H]3COc4c(-c5ccccc5)c(=O)[nH]c(=O)n4C(O3)[C@@H]2O1. The molecule has 2 bridgehead atoms. The van der Waals surface area contributed by atoms with Crippen LogP contribution < -0.4 is 16.0 Å². The maximum absolute atomic E-state index is 12.6. The zero-order valence-electron chi connectivity index (χ0n) is 14.3. The fourth-order valence-corrected chi connectivity index (χ4v) is 3.92. The average molecular weight is 358 g/mol. The molecule has 0 radical (unpaired) electrons. The maximum atomic E-state index is 12.6. The molecule has 1 N–H and O–H groups in total. The molecule has 3 aliphatic rings. The molecule has 2 fully saturated rings. The Morgan fingerprint density at radius 2 is 1.85 bits per heavy atom. The molecule has 3 aliphatic heterocycles. The minimum atomic E-state index is -0.770. The Hall–Kier alpha value is -2.42. The molecule has 1 aromatic carbocycles. The van der Waals surface area contributed by atoms with Gasteiger partial charge in [0.25, 0.3) is 5.56 Å². The summed E-state index contributed by atoms with van der Waals surface area (Å²) >= 11 is 0. The number of aromatic nitrogens is 2. The number of nitrogens with one attached hydrogen (secondary N) is 1. The van der Waals surface area contributed by atoms with Crippen LogP contribution in [0.1, 0.15) is 20.1 Å². The first kappa shape index (κ1) is 15.8. The minimum Gasteiger partial charge on any atom is -0.475 e. The van der Waals surface area contributed by atoms with E-state index in [1.165, 1.54) is 4.57 Å². The summed E-state index contributed by atoms with van der Waals surface area (Å²) in [6, 6.07) is 9.09. The van der Waals surface area contributed by atoms with Crippen molar-refractivity contribution in [1.29, 1.82) is 0 Å². The summed E-state index contributed by atoms with van der Waals surface area (Å²) in [6.45, 7) is 3.81. The molecule has 2 aromatic rings. The van der Waals surface area contributed by atoms with Crippen molar-refractivity contribution >= 4 is 0 Å². The molecule has 4 atom stereocenters. The number of fused-ring (bicyclic) bond motifs is 7. The molecule has 8 heteroatoms. The topological polar surface area (TPSA) is 91.8 Å². The van der Waals surface area contributed by atoms with Crippen LogP contribution in [-0.4, -0.2) is 40.3 Å². The number of nitrogens with zero attached hydrogens (tertiary/aromatic N) is 1. The van der Waals surface area contributed by atoms with E-state index in [-0.39, 0.29) is 24.7 Å². The van der Waals surface area contributed by atoms with E-state index in [4.69, 9.17) is 18.9 Å². The van der Waals surface area contributed by atoms with Crippen molar-refractivity contribution in [1.82, 2.24) is 9.55 Å². The fourth-order valence-electron chi connectivity index (χ4n) is 3.92. The van der Waals surface area contributed by atoms with E-state index in [2.05, 4.69) is 4.98 Å². The molecule has 0 spiro atoms. The van der Waals surface area contributed by atoms with Gasteiger partial charge < -0.3 is 18.9 Å². The summed E-state index contributed by atoms with van der Waals surface area (Å²) in [4.78, 5) is 27.5. The molecule has 0 amide bonds. The third-order valence-corrected chi connectivity index (χ3v) is 4.93. The van der Waals surface area contributed by atoms with Crippen LogP contribution in [0.15, 0.2) is 39.9 Å². The highest BCUT2D eigenvalue weighted by Gasteiger charge is 2.58. The van der Waals surface area contributed by atoms with E-state index >= 15 is 0 Å². The Morgan fingerprint density at radius 1 is 1.12 bits per heavy atom. The summed E-state index contributed by atoms with van der Waals surface area (Å²) in [6.07, 6.45) is -1.90. The van der Waals surface area contributed by atoms with Gasteiger partial charge in [-0.1, -0.05) is 30.3 Å². The summed E-state index contributed by atoms with van der Waals surface area (Å²) in [5.41, 5.74) is -0.123. The third-order valence-electron chi connectivity index (χ3n) is 4.93. The van der Waals surface area contributed by atoms with Gasteiger partial charge in [-0.05, 0) is 19.4 Å². The number of rotatable bonds is 1. The van der Waals surface area contributed by atoms with Crippen LogP contribution in [-0.2, 0) is 14.2 Å². The van der Waals surface area contributed by atoms with E-state index in [1.54, 1.807) is 12.1 Å². The Labute approximate surface area is 148 Å².